The maximum atomic E-state index is 10.6. The van der Waals surface area contributed by atoms with E-state index in [0.717, 1.165) is 25.7 Å². The van der Waals surface area contributed by atoms with Gasteiger partial charge in [0.25, 0.3) is 0 Å². The molecule has 0 saturated heterocycles. The lowest BCUT2D eigenvalue weighted by molar-refractivity contribution is -0.140. The summed E-state index contributed by atoms with van der Waals surface area (Å²) in [6.07, 6.45) is 4.58. The molecule has 0 bridgehead atoms. The van der Waals surface area contributed by atoms with Crippen molar-refractivity contribution in [1.29, 1.82) is 0 Å². The predicted octanol–water partition coefficient (Wildman–Crippen LogP) is 1.67. The van der Waals surface area contributed by atoms with Gasteiger partial charge in [-0.1, -0.05) is 12.8 Å². The number of carboxylic acid groups (broad SMARTS) is 1. The van der Waals surface area contributed by atoms with Crippen molar-refractivity contribution in [3.63, 3.8) is 0 Å². The van der Waals surface area contributed by atoms with Crippen molar-refractivity contribution in [2.45, 2.75) is 32.1 Å². The summed E-state index contributed by atoms with van der Waals surface area (Å²) in [6.45, 7) is 0.597. The molecule has 0 unspecified atom stereocenters. The second-order valence-corrected chi connectivity index (χ2v) is 3.71. The Kier molecular flexibility index (Phi) is 3.09. The highest BCUT2D eigenvalue weighted by Gasteiger charge is 2.35. The Morgan fingerprint density at radius 3 is 2.50 bits per heavy atom. The molecule has 0 amide bonds. The SMILES string of the molecule is COCC1(CC(=O)O)CCCC1. The van der Waals surface area contributed by atoms with Crippen LogP contribution in [0.3, 0.4) is 0 Å². The van der Waals surface area contributed by atoms with Gasteiger partial charge in [0, 0.05) is 12.5 Å². The fraction of sp³-hybridized carbons (Fsp3) is 0.889. The van der Waals surface area contributed by atoms with Crippen LogP contribution in [-0.2, 0) is 9.53 Å². The van der Waals surface area contributed by atoms with E-state index in [-0.39, 0.29) is 11.8 Å². The van der Waals surface area contributed by atoms with E-state index in [1.165, 1.54) is 0 Å². The summed E-state index contributed by atoms with van der Waals surface area (Å²) < 4.78 is 5.07. The van der Waals surface area contributed by atoms with Crippen LogP contribution in [0.2, 0.25) is 0 Å². The number of aliphatic carboxylic acids is 1. The molecule has 3 nitrogen and oxygen atoms in total. The van der Waals surface area contributed by atoms with E-state index in [1.54, 1.807) is 7.11 Å². The number of methoxy groups -OCH3 is 1. The molecule has 0 aromatic rings. The lowest BCUT2D eigenvalue weighted by Crippen LogP contribution is -2.26. The average molecular weight is 172 g/mol. The number of carbonyl (C=O) groups is 1. The van der Waals surface area contributed by atoms with Crippen molar-refractivity contribution < 1.29 is 14.6 Å². The largest absolute Gasteiger partial charge is 0.481 e. The van der Waals surface area contributed by atoms with Crippen LogP contribution in [0.1, 0.15) is 32.1 Å². The molecule has 1 rings (SSSR count). The van der Waals surface area contributed by atoms with Crippen molar-refractivity contribution in [3.05, 3.63) is 0 Å². The average Bonchev–Trinajstić information content (AvgIpc) is 2.36. The summed E-state index contributed by atoms with van der Waals surface area (Å²) in [5.41, 5.74) is -0.0550. The van der Waals surface area contributed by atoms with Gasteiger partial charge in [0.1, 0.15) is 0 Å². The zero-order valence-corrected chi connectivity index (χ0v) is 7.51. The van der Waals surface area contributed by atoms with Crippen molar-refractivity contribution in [2.75, 3.05) is 13.7 Å². The first-order chi connectivity index (χ1) is 5.68. The van der Waals surface area contributed by atoms with Crippen LogP contribution in [0.4, 0.5) is 0 Å². The molecule has 12 heavy (non-hydrogen) atoms. The van der Waals surface area contributed by atoms with Gasteiger partial charge >= 0.3 is 5.97 Å². The molecule has 1 aliphatic carbocycles. The second kappa shape index (κ2) is 3.90. The normalized spacial score (nSPS) is 21.1. The topological polar surface area (TPSA) is 46.5 Å². The van der Waals surface area contributed by atoms with E-state index in [9.17, 15) is 4.79 Å². The highest BCUT2D eigenvalue weighted by atomic mass is 16.5. The summed E-state index contributed by atoms with van der Waals surface area (Å²) in [4.78, 5) is 10.6. The maximum Gasteiger partial charge on any atom is 0.303 e. The van der Waals surface area contributed by atoms with Crippen LogP contribution in [0.15, 0.2) is 0 Å². The molecule has 3 heteroatoms. The molecular weight excluding hydrogens is 156 g/mol. The second-order valence-electron chi connectivity index (χ2n) is 3.71. The third-order valence-electron chi connectivity index (χ3n) is 2.64. The fourth-order valence-electron chi connectivity index (χ4n) is 2.12. The summed E-state index contributed by atoms with van der Waals surface area (Å²) in [7, 11) is 1.64. The number of hydrogen-bond acceptors (Lipinski definition) is 2. The molecule has 1 N–H and O–H groups in total. The molecule has 0 radical (unpaired) electrons. The number of rotatable bonds is 4. The minimum Gasteiger partial charge on any atom is -0.481 e. The van der Waals surface area contributed by atoms with Gasteiger partial charge in [-0.15, -0.1) is 0 Å². The quantitative estimate of drug-likeness (QED) is 0.701. The number of carboxylic acids is 1. The summed E-state index contributed by atoms with van der Waals surface area (Å²) >= 11 is 0. The maximum absolute atomic E-state index is 10.6. The third-order valence-corrected chi connectivity index (χ3v) is 2.64. The molecule has 70 valence electrons. The van der Waals surface area contributed by atoms with Crippen LogP contribution in [0.25, 0.3) is 0 Å². The van der Waals surface area contributed by atoms with Crippen LogP contribution >= 0.6 is 0 Å². The molecule has 1 saturated carbocycles. The summed E-state index contributed by atoms with van der Waals surface area (Å²) in [5.74, 6) is -0.700. The van der Waals surface area contributed by atoms with E-state index in [0.29, 0.717) is 6.61 Å². The van der Waals surface area contributed by atoms with E-state index in [4.69, 9.17) is 9.84 Å². The molecule has 1 fully saturated rings. The minimum atomic E-state index is -0.700. The third kappa shape index (κ3) is 2.21. The molecule has 1 aliphatic rings. The Balaban J connectivity index is 2.52. The minimum absolute atomic E-state index is 0.0550. The zero-order chi connectivity index (χ0) is 9.03. The summed E-state index contributed by atoms with van der Waals surface area (Å²) in [6, 6.07) is 0. The van der Waals surface area contributed by atoms with Crippen molar-refractivity contribution >= 4 is 5.97 Å². The first-order valence-electron chi connectivity index (χ1n) is 4.39. The van der Waals surface area contributed by atoms with E-state index < -0.39 is 5.97 Å². The van der Waals surface area contributed by atoms with Crippen molar-refractivity contribution in [2.24, 2.45) is 5.41 Å². The Labute approximate surface area is 72.7 Å². The van der Waals surface area contributed by atoms with Crippen LogP contribution < -0.4 is 0 Å². The number of hydrogen-bond donors (Lipinski definition) is 1. The molecule has 0 aromatic heterocycles. The summed E-state index contributed by atoms with van der Waals surface area (Å²) in [5, 5.41) is 8.71. The van der Waals surface area contributed by atoms with Gasteiger partial charge in [0.2, 0.25) is 0 Å². The highest BCUT2D eigenvalue weighted by molar-refractivity contribution is 5.67. The van der Waals surface area contributed by atoms with E-state index in [2.05, 4.69) is 0 Å². The standard InChI is InChI=1S/C9H16O3/c1-12-7-9(6-8(10)11)4-2-3-5-9/h2-7H2,1H3,(H,10,11). The lowest BCUT2D eigenvalue weighted by Gasteiger charge is -2.25. The molecule has 0 aliphatic heterocycles. The molecule has 0 heterocycles. The van der Waals surface area contributed by atoms with Gasteiger partial charge in [-0.2, -0.15) is 0 Å². The Morgan fingerprint density at radius 2 is 2.08 bits per heavy atom. The van der Waals surface area contributed by atoms with Crippen LogP contribution in [-0.4, -0.2) is 24.8 Å². The smallest absolute Gasteiger partial charge is 0.303 e. The molecule has 0 spiro atoms. The van der Waals surface area contributed by atoms with Crippen LogP contribution in [0, 0.1) is 5.41 Å². The van der Waals surface area contributed by atoms with Gasteiger partial charge in [0.05, 0.1) is 13.0 Å². The monoisotopic (exact) mass is 172 g/mol. The van der Waals surface area contributed by atoms with Crippen molar-refractivity contribution in [3.8, 4) is 0 Å². The van der Waals surface area contributed by atoms with Gasteiger partial charge in [-0.25, -0.2) is 0 Å². The van der Waals surface area contributed by atoms with Gasteiger partial charge in [-0.05, 0) is 12.8 Å². The molecule has 0 aromatic carbocycles. The fourth-order valence-corrected chi connectivity index (χ4v) is 2.12. The Hall–Kier alpha value is -0.570. The highest BCUT2D eigenvalue weighted by Crippen LogP contribution is 2.41. The first kappa shape index (κ1) is 9.52. The van der Waals surface area contributed by atoms with E-state index in [1.807, 2.05) is 0 Å². The molecular formula is C9H16O3. The lowest BCUT2D eigenvalue weighted by atomic mass is 9.84. The van der Waals surface area contributed by atoms with Gasteiger partial charge in [-0.3, -0.25) is 4.79 Å². The zero-order valence-electron chi connectivity index (χ0n) is 7.51. The van der Waals surface area contributed by atoms with Gasteiger partial charge < -0.3 is 9.84 Å². The predicted molar refractivity (Wildman–Crippen MR) is 45.0 cm³/mol. The number of ether oxygens (including phenoxy) is 1. The van der Waals surface area contributed by atoms with Crippen LogP contribution in [0.5, 0.6) is 0 Å². The Bertz CT molecular complexity index is 159. The first-order valence-corrected chi connectivity index (χ1v) is 4.39. The van der Waals surface area contributed by atoms with E-state index >= 15 is 0 Å². The van der Waals surface area contributed by atoms with Crippen molar-refractivity contribution in [1.82, 2.24) is 0 Å². The Morgan fingerprint density at radius 1 is 1.50 bits per heavy atom. The molecule has 0 atom stereocenters. The van der Waals surface area contributed by atoms with Gasteiger partial charge in [0.15, 0.2) is 0 Å².